The van der Waals surface area contributed by atoms with Crippen molar-refractivity contribution in [2.24, 2.45) is 0 Å². The van der Waals surface area contributed by atoms with Crippen LogP contribution in [0.3, 0.4) is 0 Å². The number of halogens is 1. The van der Waals surface area contributed by atoms with Crippen molar-refractivity contribution in [1.29, 1.82) is 0 Å². The molecule has 0 spiro atoms. The van der Waals surface area contributed by atoms with E-state index in [0.717, 1.165) is 5.56 Å². The van der Waals surface area contributed by atoms with E-state index >= 15 is 0 Å². The minimum atomic E-state index is -4.34. The Hall–Kier alpha value is -1.32. The molecule has 0 amide bonds. The summed E-state index contributed by atoms with van der Waals surface area (Å²) < 4.78 is 16.6. The maximum absolute atomic E-state index is 11.3. The second kappa shape index (κ2) is 5.35. The molecule has 0 unspecified atom stereocenters. The van der Waals surface area contributed by atoms with Gasteiger partial charge in [0.05, 0.1) is 12.4 Å². The summed E-state index contributed by atoms with van der Waals surface area (Å²) in [6.45, 7) is 0. The van der Waals surface area contributed by atoms with Crippen molar-refractivity contribution in [3.63, 3.8) is 0 Å². The average molecular weight is 299 g/mol. The first kappa shape index (κ1) is 14.1. The van der Waals surface area contributed by atoms with Crippen molar-refractivity contribution < 1.29 is 19.1 Å². The predicted molar refractivity (Wildman–Crippen MR) is 75.1 cm³/mol. The fraction of sp³-hybridized carbons (Fsp3) is 0.0769. The quantitative estimate of drug-likeness (QED) is 0.855. The smallest absolute Gasteiger partial charge is 0.356 e. The predicted octanol–water partition coefficient (Wildman–Crippen LogP) is 2.82. The van der Waals surface area contributed by atoms with Gasteiger partial charge in [0.15, 0.2) is 0 Å². The number of hydrogen-bond acceptors (Lipinski definition) is 2. The van der Waals surface area contributed by atoms with Crippen LogP contribution in [0.15, 0.2) is 42.5 Å². The molecule has 0 aliphatic heterocycles. The van der Waals surface area contributed by atoms with Gasteiger partial charge in [-0.15, -0.1) is 0 Å². The zero-order valence-electron chi connectivity index (χ0n) is 10.1. The Morgan fingerprint density at radius 2 is 1.84 bits per heavy atom. The van der Waals surface area contributed by atoms with Crippen molar-refractivity contribution in [2.75, 3.05) is 7.11 Å². The first-order chi connectivity index (χ1) is 8.91. The molecule has 19 heavy (non-hydrogen) atoms. The van der Waals surface area contributed by atoms with Gasteiger partial charge in [0.1, 0.15) is 5.75 Å². The highest BCUT2D eigenvalue weighted by Crippen LogP contribution is 2.37. The van der Waals surface area contributed by atoms with E-state index < -0.39 is 7.60 Å². The number of ether oxygens (including phenoxy) is 1. The molecule has 0 aliphatic rings. The molecule has 2 aromatic rings. The third kappa shape index (κ3) is 3.17. The van der Waals surface area contributed by atoms with Gasteiger partial charge in [-0.25, -0.2) is 0 Å². The summed E-state index contributed by atoms with van der Waals surface area (Å²) >= 11 is 5.92. The van der Waals surface area contributed by atoms with Crippen molar-refractivity contribution in [3.8, 4) is 16.9 Å². The molecule has 0 aromatic heterocycles. The van der Waals surface area contributed by atoms with Crippen molar-refractivity contribution >= 4 is 24.5 Å². The van der Waals surface area contributed by atoms with Crippen LogP contribution in [-0.2, 0) is 4.57 Å². The molecule has 0 radical (unpaired) electrons. The first-order valence-electron chi connectivity index (χ1n) is 5.42. The molecule has 0 saturated heterocycles. The molecule has 6 heteroatoms. The minimum absolute atomic E-state index is 0.110. The van der Waals surface area contributed by atoms with Crippen LogP contribution >= 0.6 is 19.2 Å². The van der Waals surface area contributed by atoms with Crippen molar-refractivity contribution in [2.45, 2.75) is 0 Å². The molecule has 0 atom stereocenters. The van der Waals surface area contributed by atoms with Gasteiger partial charge in [-0.3, -0.25) is 4.57 Å². The van der Waals surface area contributed by atoms with Gasteiger partial charge in [0.2, 0.25) is 0 Å². The summed E-state index contributed by atoms with van der Waals surface area (Å²) in [5.74, 6) is 0.612. The Bertz CT molecular complexity index is 651. The third-order valence-corrected chi connectivity index (χ3v) is 3.79. The number of methoxy groups -OCH3 is 1. The maximum atomic E-state index is 11.3. The summed E-state index contributed by atoms with van der Waals surface area (Å²) in [5.41, 5.74) is 1.32. The van der Waals surface area contributed by atoms with E-state index in [1.165, 1.54) is 19.2 Å². The number of para-hydroxylation sites is 1. The van der Waals surface area contributed by atoms with Crippen LogP contribution in [0, 0.1) is 0 Å². The van der Waals surface area contributed by atoms with Crippen LogP contribution in [-0.4, -0.2) is 16.9 Å². The standard InChI is InChI=1S/C13H12ClO4P/c1-18-13-5-3-2-4-12(13)9-6-10(14)8-11(7-9)19(15,16)17/h2-8H,1H3,(H2,15,16,17). The monoisotopic (exact) mass is 298 g/mol. The molecule has 100 valence electrons. The topological polar surface area (TPSA) is 66.8 Å². The van der Waals surface area contributed by atoms with Gasteiger partial charge in [-0.05, 0) is 29.8 Å². The molecule has 2 N–H and O–H groups in total. The summed E-state index contributed by atoms with van der Waals surface area (Å²) in [5, 5.41) is 0.155. The lowest BCUT2D eigenvalue weighted by atomic mass is 10.0. The Morgan fingerprint density at radius 3 is 2.47 bits per heavy atom. The second-order valence-electron chi connectivity index (χ2n) is 3.94. The summed E-state index contributed by atoms with van der Waals surface area (Å²) in [6.07, 6.45) is 0. The van der Waals surface area contributed by atoms with Crippen LogP contribution in [0.4, 0.5) is 0 Å². The molecule has 0 aliphatic carbocycles. The molecule has 0 bridgehead atoms. The molecule has 0 saturated carbocycles. The molecule has 0 heterocycles. The van der Waals surface area contributed by atoms with Crippen LogP contribution < -0.4 is 10.0 Å². The van der Waals surface area contributed by atoms with Crippen LogP contribution in [0.25, 0.3) is 11.1 Å². The maximum Gasteiger partial charge on any atom is 0.356 e. The third-order valence-electron chi connectivity index (χ3n) is 2.64. The number of hydrogen-bond donors (Lipinski definition) is 2. The largest absolute Gasteiger partial charge is 0.496 e. The first-order valence-corrected chi connectivity index (χ1v) is 7.41. The van der Waals surface area contributed by atoms with E-state index in [9.17, 15) is 14.4 Å². The Labute approximate surface area is 115 Å². The van der Waals surface area contributed by atoms with Gasteiger partial charge in [-0.1, -0.05) is 29.8 Å². The van der Waals surface area contributed by atoms with Gasteiger partial charge in [0.25, 0.3) is 0 Å². The molecular formula is C13H12ClO4P. The summed E-state index contributed by atoms with van der Waals surface area (Å²) in [7, 11) is -2.81. The van der Waals surface area contributed by atoms with Crippen LogP contribution in [0.2, 0.25) is 5.02 Å². The highest BCUT2D eigenvalue weighted by molar-refractivity contribution is 7.60. The van der Waals surface area contributed by atoms with Gasteiger partial charge >= 0.3 is 7.60 Å². The van der Waals surface area contributed by atoms with Crippen molar-refractivity contribution in [3.05, 3.63) is 47.5 Å². The lowest BCUT2D eigenvalue weighted by molar-refractivity contribution is 0.387. The number of benzene rings is 2. The number of rotatable bonds is 3. The molecular weight excluding hydrogens is 287 g/mol. The highest BCUT2D eigenvalue weighted by Gasteiger charge is 2.19. The molecule has 2 rings (SSSR count). The minimum Gasteiger partial charge on any atom is -0.496 e. The van der Waals surface area contributed by atoms with Crippen molar-refractivity contribution in [1.82, 2.24) is 0 Å². The summed E-state index contributed by atoms with van der Waals surface area (Å²) in [4.78, 5) is 18.5. The van der Waals surface area contributed by atoms with Crippen LogP contribution in [0.5, 0.6) is 5.75 Å². The Morgan fingerprint density at radius 1 is 1.16 bits per heavy atom. The molecule has 4 nitrogen and oxygen atoms in total. The van der Waals surface area contributed by atoms with Gasteiger partial charge < -0.3 is 14.5 Å². The van der Waals surface area contributed by atoms with E-state index in [1.54, 1.807) is 18.2 Å². The zero-order chi connectivity index (χ0) is 14.0. The summed E-state index contributed by atoms with van der Waals surface area (Å²) in [6, 6.07) is 11.5. The van der Waals surface area contributed by atoms with E-state index in [2.05, 4.69) is 0 Å². The van der Waals surface area contributed by atoms with Gasteiger partial charge in [0, 0.05) is 10.6 Å². The van der Waals surface area contributed by atoms with Crippen LogP contribution in [0.1, 0.15) is 0 Å². The second-order valence-corrected chi connectivity index (χ2v) is 5.98. The average Bonchev–Trinajstić information content (AvgIpc) is 2.37. The SMILES string of the molecule is COc1ccccc1-c1cc(Cl)cc(P(=O)(O)O)c1. The van der Waals surface area contributed by atoms with E-state index in [0.29, 0.717) is 11.3 Å². The van der Waals surface area contributed by atoms with E-state index in [4.69, 9.17) is 16.3 Å². The lowest BCUT2D eigenvalue weighted by Crippen LogP contribution is -2.04. The Balaban J connectivity index is 2.63. The molecule has 0 fully saturated rings. The van der Waals surface area contributed by atoms with Gasteiger partial charge in [-0.2, -0.15) is 0 Å². The Kier molecular flexibility index (Phi) is 3.97. The zero-order valence-corrected chi connectivity index (χ0v) is 11.7. The lowest BCUT2D eigenvalue weighted by Gasteiger charge is -2.11. The molecule has 2 aromatic carbocycles. The normalized spacial score (nSPS) is 11.4. The van der Waals surface area contributed by atoms with E-state index in [-0.39, 0.29) is 10.3 Å². The fourth-order valence-electron chi connectivity index (χ4n) is 1.78. The fourth-order valence-corrected chi connectivity index (χ4v) is 2.71. The highest BCUT2D eigenvalue weighted by atomic mass is 35.5. The van der Waals surface area contributed by atoms with E-state index in [1.807, 2.05) is 12.1 Å².